The highest BCUT2D eigenvalue weighted by Gasteiger charge is 2.30. The molecule has 0 fully saturated rings. The molecule has 0 amide bonds. The summed E-state index contributed by atoms with van der Waals surface area (Å²) < 4.78 is 68.4. The van der Waals surface area contributed by atoms with Gasteiger partial charge in [-0.2, -0.15) is 0 Å². The van der Waals surface area contributed by atoms with E-state index < -0.39 is 97.5 Å². The molecule has 3 N–H and O–H groups in total. The average Bonchev–Trinajstić information content (AvgIpc) is 3.02. The van der Waals surface area contributed by atoms with E-state index in [1.54, 1.807) is 0 Å². The maximum absolute atomic E-state index is 13.1. The molecule has 0 spiro atoms. The van der Waals surface area contributed by atoms with Crippen molar-refractivity contribution in [3.8, 4) is 0 Å². The molecule has 0 saturated heterocycles. The normalized spacial score (nSPS) is 14.1. The first-order valence-corrected chi connectivity index (χ1v) is 41.5. The number of hydrogen-bond donors (Lipinski definition) is 3. The van der Waals surface area contributed by atoms with E-state index in [-0.39, 0.29) is 25.7 Å². The number of rotatable bonds is 73. The monoisotopic (exact) mass is 1370 g/mol. The van der Waals surface area contributed by atoms with Gasteiger partial charge in [-0.25, -0.2) is 9.13 Å². The van der Waals surface area contributed by atoms with Crippen LogP contribution in [0.2, 0.25) is 0 Å². The molecule has 0 aliphatic carbocycles. The van der Waals surface area contributed by atoms with Gasteiger partial charge in [0.05, 0.1) is 26.4 Å². The molecule has 19 heteroatoms. The van der Waals surface area contributed by atoms with Crippen molar-refractivity contribution in [1.29, 1.82) is 0 Å². The third kappa shape index (κ3) is 68.4. The molecule has 0 aromatic carbocycles. The van der Waals surface area contributed by atoms with Gasteiger partial charge in [-0.15, -0.1) is 0 Å². The largest absolute Gasteiger partial charge is 0.472 e. The molecule has 0 heterocycles. The number of unbranched alkanes of at least 4 members (excludes halogenated alkanes) is 43. The molecule has 0 aliphatic rings. The van der Waals surface area contributed by atoms with Gasteiger partial charge in [-0.05, 0) is 37.5 Å². The van der Waals surface area contributed by atoms with Crippen LogP contribution in [-0.2, 0) is 65.4 Å². The van der Waals surface area contributed by atoms with Crippen LogP contribution in [0.3, 0.4) is 0 Å². The molecule has 552 valence electrons. The lowest BCUT2D eigenvalue weighted by Crippen LogP contribution is -2.30. The molecule has 0 aromatic heterocycles. The first-order chi connectivity index (χ1) is 44.9. The Kier molecular flexibility index (Phi) is 64.6. The first kappa shape index (κ1) is 91.1. The molecular weight excluding hydrogens is 1220 g/mol. The fourth-order valence-corrected chi connectivity index (χ4v) is 12.9. The molecule has 0 aromatic rings. The predicted molar refractivity (Wildman–Crippen MR) is 377 cm³/mol. The molecule has 2 unspecified atom stereocenters. The van der Waals surface area contributed by atoms with Gasteiger partial charge >= 0.3 is 39.5 Å². The summed E-state index contributed by atoms with van der Waals surface area (Å²) in [4.78, 5) is 72.7. The lowest BCUT2D eigenvalue weighted by atomic mass is 10.0. The summed E-state index contributed by atoms with van der Waals surface area (Å²) in [5.41, 5.74) is 0. The van der Waals surface area contributed by atoms with Gasteiger partial charge in [0.25, 0.3) is 0 Å². The number of carbonyl (C=O) groups excluding carboxylic acids is 4. The molecule has 17 nitrogen and oxygen atoms in total. The second kappa shape index (κ2) is 66.0. The van der Waals surface area contributed by atoms with Crippen LogP contribution < -0.4 is 0 Å². The van der Waals surface area contributed by atoms with Gasteiger partial charge in [0.15, 0.2) is 12.2 Å². The minimum atomic E-state index is -4.96. The SMILES string of the molecule is CCCCCCCCCCCCCCCCCCC(=O)OC[C@H](COP(=O)(O)OC[C@@H](O)COP(=O)(O)OC[C@@H](COC(=O)CCCCCCCCCC(C)C)OC(=O)CCCCCCCCCCC(C)C)OC(=O)CCCCCCCCCCCCCCCCCC. The van der Waals surface area contributed by atoms with Crippen molar-refractivity contribution in [2.75, 3.05) is 39.6 Å². The van der Waals surface area contributed by atoms with E-state index in [0.29, 0.717) is 31.6 Å². The Bertz CT molecular complexity index is 1800. The Hall–Kier alpha value is -1.94. The minimum absolute atomic E-state index is 0.104. The third-order valence-electron chi connectivity index (χ3n) is 17.2. The summed E-state index contributed by atoms with van der Waals surface area (Å²) in [6.07, 6.45) is 52.8. The van der Waals surface area contributed by atoms with Crippen LogP contribution in [0.25, 0.3) is 0 Å². The van der Waals surface area contributed by atoms with Crippen molar-refractivity contribution in [2.24, 2.45) is 11.8 Å². The Morgan fingerprint density at radius 2 is 0.495 bits per heavy atom. The summed E-state index contributed by atoms with van der Waals surface area (Å²) in [6, 6.07) is 0. The van der Waals surface area contributed by atoms with E-state index in [4.69, 9.17) is 37.0 Å². The van der Waals surface area contributed by atoms with Gasteiger partial charge in [-0.1, -0.05) is 330 Å². The van der Waals surface area contributed by atoms with E-state index >= 15 is 0 Å². The number of phosphoric acid groups is 2. The Balaban J connectivity index is 5.24. The molecule has 0 aliphatic heterocycles. The zero-order valence-electron chi connectivity index (χ0n) is 60.6. The fourth-order valence-electron chi connectivity index (χ4n) is 11.3. The number of carbonyl (C=O) groups is 4. The molecule has 0 rings (SSSR count). The highest BCUT2D eigenvalue weighted by Crippen LogP contribution is 2.45. The molecule has 0 bridgehead atoms. The van der Waals surface area contributed by atoms with Crippen LogP contribution >= 0.6 is 15.6 Å². The lowest BCUT2D eigenvalue weighted by Gasteiger charge is -2.21. The number of aliphatic hydroxyl groups excluding tert-OH is 1. The molecular formula is C74H144O17P2. The fraction of sp³-hybridized carbons (Fsp3) is 0.946. The summed E-state index contributed by atoms with van der Waals surface area (Å²) in [5.74, 6) is -0.696. The van der Waals surface area contributed by atoms with E-state index in [1.807, 2.05) is 0 Å². The third-order valence-corrected chi connectivity index (χ3v) is 19.1. The van der Waals surface area contributed by atoms with E-state index in [1.165, 1.54) is 193 Å². The molecule has 5 atom stereocenters. The zero-order chi connectivity index (χ0) is 68.6. The smallest absolute Gasteiger partial charge is 0.462 e. The van der Waals surface area contributed by atoms with Crippen molar-refractivity contribution in [3.05, 3.63) is 0 Å². The van der Waals surface area contributed by atoms with Crippen molar-refractivity contribution in [3.63, 3.8) is 0 Å². The van der Waals surface area contributed by atoms with Gasteiger partial charge in [-0.3, -0.25) is 37.3 Å². The Labute approximate surface area is 568 Å². The number of aliphatic hydroxyl groups is 1. The summed E-state index contributed by atoms with van der Waals surface area (Å²) in [5, 5.41) is 10.6. The van der Waals surface area contributed by atoms with Gasteiger partial charge in [0, 0.05) is 25.7 Å². The topological polar surface area (TPSA) is 237 Å². The maximum atomic E-state index is 13.1. The first-order valence-electron chi connectivity index (χ1n) is 38.5. The number of esters is 4. The van der Waals surface area contributed by atoms with E-state index in [2.05, 4.69) is 41.5 Å². The molecule has 93 heavy (non-hydrogen) atoms. The van der Waals surface area contributed by atoms with Crippen LogP contribution in [0.5, 0.6) is 0 Å². The Morgan fingerprint density at radius 1 is 0.290 bits per heavy atom. The lowest BCUT2D eigenvalue weighted by molar-refractivity contribution is -0.161. The van der Waals surface area contributed by atoms with Crippen LogP contribution in [0, 0.1) is 11.8 Å². The number of phosphoric ester groups is 2. The summed E-state index contributed by atoms with van der Waals surface area (Å²) >= 11 is 0. The second-order valence-electron chi connectivity index (χ2n) is 27.6. The predicted octanol–water partition coefficient (Wildman–Crippen LogP) is 21.6. The quantitative estimate of drug-likeness (QED) is 0.0222. The van der Waals surface area contributed by atoms with Crippen molar-refractivity contribution in [1.82, 2.24) is 0 Å². The molecule has 0 radical (unpaired) electrons. The van der Waals surface area contributed by atoms with Crippen molar-refractivity contribution in [2.45, 2.75) is 400 Å². The van der Waals surface area contributed by atoms with Crippen LogP contribution in [0.15, 0.2) is 0 Å². The second-order valence-corrected chi connectivity index (χ2v) is 30.5. The van der Waals surface area contributed by atoms with Gasteiger partial charge in [0.1, 0.15) is 19.3 Å². The zero-order valence-corrected chi connectivity index (χ0v) is 62.3. The van der Waals surface area contributed by atoms with Gasteiger partial charge < -0.3 is 33.8 Å². The maximum Gasteiger partial charge on any atom is 0.472 e. The molecule has 0 saturated carbocycles. The van der Waals surface area contributed by atoms with Crippen LogP contribution in [-0.4, -0.2) is 96.7 Å². The van der Waals surface area contributed by atoms with E-state index in [0.717, 1.165) is 102 Å². The van der Waals surface area contributed by atoms with Crippen LogP contribution in [0.4, 0.5) is 0 Å². The van der Waals surface area contributed by atoms with Crippen molar-refractivity contribution < 1.29 is 80.2 Å². The van der Waals surface area contributed by atoms with Gasteiger partial charge in [0.2, 0.25) is 0 Å². The highest BCUT2D eigenvalue weighted by molar-refractivity contribution is 7.47. The highest BCUT2D eigenvalue weighted by atomic mass is 31.2. The van der Waals surface area contributed by atoms with Crippen molar-refractivity contribution >= 4 is 39.5 Å². The summed E-state index contributed by atoms with van der Waals surface area (Å²) in [6.45, 7) is 9.49. The standard InChI is InChI=1S/C74H144O17P2/c1-7-9-11-13-15-17-19-21-23-25-27-29-31-38-44-50-56-71(76)84-62-69(90-73(78)58-52-46-39-32-30-28-26-24-22-20-18-16-14-12-10-8-2)64-88-92(80,81)86-60-68(75)61-87-93(82,83)89-65-70(63-85-72(77)57-51-45-41-35-37-43-49-55-67(5)6)91-74(79)59-53-47-40-34-33-36-42-48-54-66(3)4/h66-70,75H,7-65H2,1-6H3,(H,80,81)(H,82,83)/t68-,69-,70-/m1/s1. The minimum Gasteiger partial charge on any atom is -0.462 e. The average molecular weight is 1370 g/mol. The number of ether oxygens (including phenoxy) is 4. The van der Waals surface area contributed by atoms with E-state index in [9.17, 15) is 43.2 Å². The summed E-state index contributed by atoms with van der Waals surface area (Å²) in [7, 11) is -9.91. The Morgan fingerprint density at radius 3 is 0.731 bits per heavy atom. The van der Waals surface area contributed by atoms with Crippen LogP contribution in [0.1, 0.15) is 382 Å². The number of hydrogen-bond acceptors (Lipinski definition) is 15.